The van der Waals surface area contributed by atoms with Gasteiger partial charge in [0.2, 0.25) is 0 Å². The number of carbonyl (C=O) groups excluding carboxylic acids is 1. The molecule has 0 aromatic heterocycles. The maximum Gasteiger partial charge on any atom is 0.407 e. The molecule has 18 heavy (non-hydrogen) atoms. The predicted octanol–water partition coefficient (Wildman–Crippen LogP) is 3.48. The van der Waals surface area contributed by atoms with Gasteiger partial charge in [-0.2, -0.15) is 5.26 Å². The fraction of sp³-hybridized carbons (Fsp3) is 0.857. The highest BCUT2D eigenvalue weighted by atomic mass is 16.6. The van der Waals surface area contributed by atoms with Crippen molar-refractivity contribution < 1.29 is 9.53 Å². The van der Waals surface area contributed by atoms with Gasteiger partial charge in [-0.25, -0.2) is 4.79 Å². The molecule has 0 bridgehead atoms. The molecule has 0 spiro atoms. The Balaban J connectivity index is 4.52. The average Bonchev–Trinajstić information content (AvgIpc) is 2.14. The van der Waals surface area contributed by atoms with Crippen molar-refractivity contribution in [3.63, 3.8) is 0 Å². The largest absolute Gasteiger partial charge is 0.444 e. The molecular weight excluding hydrogens is 228 g/mol. The summed E-state index contributed by atoms with van der Waals surface area (Å²) < 4.78 is 5.23. The zero-order valence-electron chi connectivity index (χ0n) is 12.6. The normalized spacial score (nSPS) is 15.4. The van der Waals surface area contributed by atoms with Gasteiger partial charge in [-0.05, 0) is 39.0 Å². The molecule has 4 heteroatoms. The van der Waals surface area contributed by atoms with Crippen LogP contribution in [0.4, 0.5) is 4.79 Å². The molecule has 0 heterocycles. The third-order valence-corrected chi connectivity index (χ3v) is 3.52. The first-order valence-electron chi connectivity index (χ1n) is 6.37. The highest BCUT2D eigenvalue weighted by Gasteiger charge is 2.33. The van der Waals surface area contributed by atoms with Crippen molar-refractivity contribution in [2.75, 3.05) is 0 Å². The molecule has 0 aliphatic heterocycles. The standard InChI is InChI=1S/C14H26N2O2/c1-10(8-9-15)14(6,7)11(2)16-12(17)18-13(3,4)5/h10-11H,8H2,1-7H3,(H,16,17)/t10?,11-/m0/s1. The number of ether oxygens (including phenoxy) is 1. The number of hydrogen-bond acceptors (Lipinski definition) is 3. The second-order valence-electron chi connectivity index (χ2n) is 6.45. The summed E-state index contributed by atoms with van der Waals surface area (Å²) >= 11 is 0. The zero-order chi connectivity index (χ0) is 14.6. The topological polar surface area (TPSA) is 62.1 Å². The molecule has 4 nitrogen and oxygen atoms in total. The number of alkyl carbamates (subject to hydrolysis) is 1. The Kier molecular flexibility index (Phi) is 5.66. The molecule has 0 rings (SSSR count). The molecular formula is C14H26N2O2. The summed E-state index contributed by atoms with van der Waals surface area (Å²) in [6, 6.07) is 2.12. The Labute approximate surface area is 111 Å². The summed E-state index contributed by atoms with van der Waals surface area (Å²) in [6.45, 7) is 13.6. The monoisotopic (exact) mass is 254 g/mol. The summed E-state index contributed by atoms with van der Waals surface area (Å²) in [5.74, 6) is 0.201. The molecule has 0 saturated heterocycles. The van der Waals surface area contributed by atoms with E-state index in [1.54, 1.807) is 0 Å². The van der Waals surface area contributed by atoms with Crippen molar-refractivity contribution in [3.8, 4) is 6.07 Å². The molecule has 0 radical (unpaired) electrons. The molecule has 1 amide bonds. The van der Waals surface area contributed by atoms with E-state index in [-0.39, 0.29) is 17.4 Å². The third kappa shape index (κ3) is 5.39. The van der Waals surface area contributed by atoms with Gasteiger partial charge in [0.1, 0.15) is 5.60 Å². The van der Waals surface area contributed by atoms with Crippen molar-refractivity contribution in [3.05, 3.63) is 0 Å². The molecule has 1 unspecified atom stereocenters. The van der Waals surface area contributed by atoms with Crippen LogP contribution >= 0.6 is 0 Å². The second-order valence-corrected chi connectivity index (χ2v) is 6.45. The smallest absolute Gasteiger partial charge is 0.407 e. The van der Waals surface area contributed by atoms with Crippen LogP contribution in [-0.4, -0.2) is 17.7 Å². The molecule has 1 N–H and O–H groups in total. The lowest BCUT2D eigenvalue weighted by Gasteiger charge is -2.37. The predicted molar refractivity (Wildman–Crippen MR) is 72.0 cm³/mol. The van der Waals surface area contributed by atoms with Gasteiger partial charge in [0.05, 0.1) is 6.07 Å². The van der Waals surface area contributed by atoms with Gasteiger partial charge >= 0.3 is 6.09 Å². The fourth-order valence-corrected chi connectivity index (χ4v) is 1.50. The van der Waals surface area contributed by atoms with E-state index in [4.69, 9.17) is 10.00 Å². The van der Waals surface area contributed by atoms with Crippen LogP contribution < -0.4 is 5.32 Å². The van der Waals surface area contributed by atoms with E-state index in [0.717, 1.165) is 0 Å². The van der Waals surface area contributed by atoms with Gasteiger partial charge in [0.15, 0.2) is 0 Å². The van der Waals surface area contributed by atoms with Gasteiger partial charge < -0.3 is 10.1 Å². The van der Waals surface area contributed by atoms with Crippen LogP contribution in [0.2, 0.25) is 0 Å². The number of rotatable bonds is 4. The van der Waals surface area contributed by atoms with E-state index >= 15 is 0 Å². The zero-order valence-corrected chi connectivity index (χ0v) is 12.6. The Morgan fingerprint density at radius 3 is 2.17 bits per heavy atom. The Bertz CT molecular complexity index is 324. The van der Waals surface area contributed by atoms with Crippen molar-refractivity contribution >= 4 is 6.09 Å². The molecule has 0 aromatic rings. The number of nitrogens with zero attached hydrogens (tertiary/aromatic N) is 1. The van der Waals surface area contributed by atoms with Gasteiger partial charge in [0.25, 0.3) is 0 Å². The number of carbonyl (C=O) groups is 1. The van der Waals surface area contributed by atoms with Gasteiger partial charge in [-0.15, -0.1) is 0 Å². The first kappa shape index (κ1) is 16.8. The summed E-state index contributed by atoms with van der Waals surface area (Å²) in [6.07, 6.45) is 0.0695. The molecule has 0 fully saturated rings. The first-order valence-corrected chi connectivity index (χ1v) is 6.37. The van der Waals surface area contributed by atoms with Crippen LogP contribution in [0.1, 0.15) is 54.9 Å². The molecule has 0 aliphatic rings. The van der Waals surface area contributed by atoms with E-state index in [1.807, 2.05) is 34.6 Å². The summed E-state index contributed by atoms with van der Waals surface area (Å²) in [4.78, 5) is 11.7. The first-order chi connectivity index (χ1) is 8.00. The quantitative estimate of drug-likeness (QED) is 0.835. The third-order valence-electron chi connectivity index (χ3n) is 3.52. The number of nitriles is 1. The Morgan fingerprint density at radius 1 is 1.28 bits per heavy atom. The van der Waals surface area contributed by atoms with Gasteiger partial charge in [-0.3, -0.25) is 0 Å². The minimum Gasteiger partial charge on any atom is -0.444 e. The second kappa shape index (κ2) is 6.08. The van der Waals surface area contributed by atoms with E-state index in [0.29, 0.717) is 6.42 Å². The Morgan fingerprint density at radius 2 is 1.78 bits per heavy atom. The minimum absolute atomic E-state index is 0.0595. The van der Waals surface area contributed by atoms with Crippen LogP contribution in [0.5, 0.6) is 0 Å². The molecule has 0 saturated carbocycles. The fourth-order valence-electron chi connectivity index (χ4n) is 1.50. The van der Waals surface area contributed by atoms with Gasteiger partial charge in [0, 0.05) is 12.5 Å². The molecule has 2 atom stereocenters. The van der Waals surface area contributed by atoms with Crippen molar-refractivity contribution in [1.29, 1.82) is 5.26 Å². The highest BCUT2D eigenvalue weighted by Crippen LogP contribution is 2.32. The van der Waals surface area contributed by atoms with E-state index in [2.05, 4.69) is 25.2 Å². The van der Waals surface area contributed by atoms with E-state index in [9.17, 15) is 4.79 Å². The number of hydrogen-bond donors (Lipinski definition) is 1. The maximum absolute atomic E-state index is 11.7. The minimum atomic E-state index is -0.494. The summed E-state index contributed by atoms with van der Waals surface area (Å²) in [5.41, 5.74) is -0.654. The Hall–Kier alpha value is -1.24. The number of nitrogens with one attached hydrogen (secondary N) is 1. The number of amides is 1. The molecule has 104 valence electrons. The molecule has 0 aromatic carbocycles. The van der Waals surface area contributed by atoms with Crippen LogP contribution in [0, 0.1) is 22.7 Å². The summed E-state index contributed by atoms with van der Waals surface area (Å²) in [5, 5.41) is 11.6. The van der Waals surface area contributed by atoms with Crippen LogP contribution in [0.15, 0.2) is 0 Å². The lowest BCUT2D eigenvalue weighted by molar-refractivity contribution is 0.0436. The van der Waals surface area contributed by atoms with Crippen LogP contribution in [-0.2, 0) is 4.74 Å². The average molecular weight is 254 g/mol. The van der Waals surface area contributed by atoms with E-state index < -0.39 is 11.7 Å². The molecule has 0 aliphatic carbocycles. The van der Waals surface area contributed by atoms with E-state index in [1.165, 1.54) is 0 Å². The van der Waals surface area contributed by atoms with Crippen LogP contribution in [0.3, 0.4) is 0 Å². The summed E-state index contributed by atoms with van der Waals surface area (Å²) in [7, 11) is 0. The SMILES string of the molecule is CC(CC#N)C(C)(C)[C@H](C)NC(=O)OC(C)(C)C. The lowest BCUT2D eigenvalue weighted by Crippen LogP contribution is -2.47. The van der Waals surface area contributed by atoms with Crippen molar-refractivity contribution in [2.24, 2.45) is 11.3 Å². The lowest BCUT2D eigenvalue weighted by atomic mass is 9.73. The van der Waals surface area contributed by atoms with Gasteiger partial charge in [-0.1, -0.05) is 20.8 Å². The van der Waals surface area contributed by atoms with Crippen molar-refractivity contribution in [1.82, 2.24) is 5.32 Å². The van der Waals surface area contributed by atoms with Crippen LogP contribution in [0.25, 0.3) is 0 Å². The highest BCUT2D eigenvalue weighted by molar-refractivity contribution is 5.68. The van der Waals surface area contributed by atoms with Crippen molar-refractivity contribution in [2.45, 2.75) is 66.5 Å². The maximum atomic E-state index is 11.7.